The van der Waals surface area contributed by atoms with Gasteiger partial charge in [-0.2, -0.15) is 5.26 Å². The first-order chi connectivity index (χ1) is 19.5. The number of piperazine rings is 1. The lowest BCUT2D eigenvalue weighted by molar-refractivity contribution is -0.135. The summed E-state index contributed by atoms with van der Waals surface area (Å²) in [4.78, 5) is 19.3. The maximum atomic E-state index is 12.5. The number of hydrogen-bond donors (Lipinski definition) is 2. The lowest BCUT2D eigenvalue weighted by atomic mass is 9.72. The number of likely N-dealkylation sites (tertiary alicyclic amines) is 1. The molecule has 5 aliphatic rings. The van der Waals surface area contributed by atoms with E-state index in [-0.39, 0.29) is 29.2 Å². The van der Waals surface area contributed by atoms with Crippen molar-refractivity contribution >= 4 is 17.7 Å². The molecule has 1 saturated carbocycles. The zero-order chi connectivity index (χ0) is 27.7. The van der Waals surface area contributed by atoms with Gasteiger partial charge in [-0.3, -0.25) is 20.3 Å². The third kappa shape index (κ3) is 5.72. The van der Waals surface area contributed by atoms with Gasteiger partial charge in [-0.1, -0.05) is 30.8 Å². The fourth-order valence-corrected chi connectivity index (χ4v) is 9.41. The van der Waals surface area contributed by atoms with Crippen LogP contribution in [-0.4, -0.2) is 95.8 Å². The molecule has 2 N–H and O–H groups in total. The average molecular weight is 565 g/mol. The molecule has 8 nitrogen and oxygen atoms in total. The molecule has 3 saturated heterocycles. The summed E-state index contributed by atoms with van der Waals surface area (Å²) in [6, 6.07) is 12.0. The van der Waals surface area contributed by atoms with Crippen molar-refractivity contribution in [3.8, 4) is 6.07 Å². The van der Waals surface area contributed by atoms with E-state index < -0.39 is 0 Å². The predicted molar refractivity (Wildman–Crippen MR) is 158 cm³/mol. The van der Waals surface area contributed by atoms with Gasteiger partial charge in [0.15, 0.2) is 6.35 Å². The Hall–Kier alpha value is -1.93. The number of nitrogens with one attached hydrogen (secondary N) is 2. The smallest absolute Gasteiger partial charge is 0.246 e. The Morgan fingerprint density at radius 1 is 1.23 bits per heavy atom. The van der Waals surface area contributed by atoms with Crippen LogP contribution in [0.4, 0.5) is 0 Å². The van der Waals surface area contributed by atoms with E-state index in [1.54, 1.807) is 0 Å². The molecule has 4 fully saturated rings. The predicted octanol–water partition coefficient (Wildman–Crippen LogP) is 2.91. The molecule has 0 radical (unpaired) electrons. The Balaban J connectivity index is 1.20. The number of hydrogen-bond acceptors (Lipinski definition) is 8. The number of thioether (sulfide) groups is 1. The molecule has 40 heavy (non-hydrogen) atoms. The molecular formula is C31H44N6O2S. The number of nitrogens with zero attached hydrogens (tertiary/aromatic N) is 4. The second-order valence-corrected chi connectivity index (χ2v) is 13.9. The molecule has 4 aliphatic heterocycles. The van der Waals surface area contributed by atoms with Gasteiger partial charge in [0.2, 0.25) is 5.91 Å². The van der Waals surface area contributed by atoms with E-state index in [1.807, 2.05) is 4.90 Å². The van der Waals surface area contributed by atoms with Crippen molar-refractivity contribution in [1.29, 1.82) is 5.26 Å². The number of carbonyl (C=O) groups excluding carboxylic acids is 1. The normalized spacial score (nSPS) is 36.5. The minimum absolute atomic E-state index is 0.0767. The Morgan fingerprint density at radius 3 is 2.85 bits per heavy atom. The zero-order valence-electron chi connectivity index (χ0n) is 23.8. The number of carbonyl (C=O) groups is 1. The Morgan fingerprint density at radius 2 is 2.08 bits per heavy atom. The molecule has 0 aromatic heterocycles. The van der Waals surface area contributed by atoms with Crippen molar-refractivity contribution in [2.75, 3.05) is 39.8 Å². The van der Waals surface area contributed by atoms with Gasteiger partial charge in [-0.15, -0.1) is 11.8 Å². The quantitative estimate of drug-likeness (QED) is 0.511. The molecule has 7 atom stereocenters. The molecule has 6 unspecified atom stereocenters. The maximum Gasteiger partial charge on any atom is 0.246 e. The third-order valence-corrected chi connectivity index (χ3v) is 11.7. The number of likely N-dealkylation sites (N-methyl/N-ethyl adjacent to an activating group) is 1. The van der Waals surface area contributed by atoms with E-state index in [2.05, 4.69) is 76.2 Å². The van der Waals surface area contributed by atoms with Crippen molar-refractivity contribution in [3.63, 3.8) is 0 Å². The largest absolute Gasteiger partial charge is 0.348 e. The van der Waals surface area contributed by atoms with E-state index in [9.17, 15) is 10.1 Å². The van der Waals surface area contributed by atoms with Gasteiger partial charge in [-0.05, 0) is 69.3 Å². The lowest BCUT2D eigenvalue weighted by Gasteiger charge is -2.56. The number of rotatable bonds is 6. The highest BCUT2D eigenvalue weighted by molar-refractivity contribution is 8.00. The Kier molecular flexibility index (Phi) is 8.55. The monoisotopic (exact) mass is 564 g/mol. The van der Waals surface area contributed by atoms with Gasteiger partial charge >= 0.3 is 0 Å². The van der Waals surface area contributed by atoms with Crippen molar-refractivity contribution in [3.05, 3.63) is 48.0 Å². The molecule has 216 valence electrons. The highest BCUT2D eigenvalue weighted by Gasteiger charge is 2.50. The second-order valence-electron chi connectivity index (χ2n) is 12.4. The van der Waals surface area contributed by atoms with Crippen LogP contribution in [0.1, 0.15) is 49.7 Å². The van der Waals surface area contributed by atoms with E-state index in [4.69, 9.17) is 4.74 Å². The fourth-order valence-electron chi connectivity index (χ4n) is 7.85. The Labute approximate surface area is 243 Å². The van der Waals surface area contributed by atoms with Crippen molar-refractivity contribution in [2.45, 2.75) is 86.1 Å². The highest BCUT2D eigenvalue weighted by Crippen LogP contribution is 2.50. The van der Waals surface area contributed by atoms with Crippen LogP contribution in [0.25, 0.3) is 0 Å². The molecule has 4 heterocycles. The van der Waals surface area contributed by atoms with Gasteiger partial charge in [0, 0.05) is 48.1 Å². The molecule has 1 amide bonds. The number of ether oxygens (including phenoxy) is 1. The number of amides is 1. The van der Waals surface area contributed by atoms with Gasteiger partial charge in [-0.25, -0.2) is 0 Å². The summed E-state index contributed by atoms with van der Waals surface area (Å²) in [7, 11) is 2.20. The minimum Gasteiger partial charge on any atom is -0.348 e. The topological polar surface area (TPSA) is 83.9 Å². The second kappa shape index (κ2) is 12.1. The SMILES string of the molecule is C=CC(=O)N1CCN(C2NC(OCC3CCCN3C)NC3C[C@]4(CCC32)Cc2ccccc2CS4)CC1CC#N. The van der Waals surface area contributed by atoms with Crippen LogP contribution in [0, 0.1) is 17.2 Å². The summed E-state index contributed by atoms with van der Waals surface area (Å²) in [6.07, 6.45) is 8.71. The van der Waals surface area contributed by atoms with Crippen LogP contribution in [0.15, 0.2) is 36.9 Å². The number of benzene rings is 1. The van der Waals surface area contributed by atoms with Crippen LogP contribution in [0.2, 0.25) is 0 Å². The highest BCUT2D eigenvalue weighted by atomic mass is 32.2. The molecule has 1 spiro atoms. The van der Waals surface area contributed by atoms with Crippen LogP contribution in [0.3, 0.4) is 0 Å². The molecule has 6 rings (SSSR count). The van der Waals surface area contributed by atoms with E-state index >= 15 is 0 Å². The van der Waals surface area contributed by atoms with Crippen molar-refractivity contribution in [2.24, 2.45) is 5.92 Å². The zero-order valence-corrected chi connectivity index (χ0v) is 24.6. The Bertz CT molecular complexity index is 1130. The fraction of sp³-hybridized carbons (Fsp3) is 0.677. The summed E-state index contributed by atoms with van der Waals surface area (Å²) in [5.74, 6) is 1.46. The standard InChI is InChI=1S/C31H44N6O2S/c1-3-28(38)37-16-15-36(19-24(37)11-13-32)29-26-10-12-31(17-22-7-4-5-8-23(22)21-40-31)18-27(26)33-30(34-29)39-20-25-9-6-14-35(25)2/h3-5,7-8,24-27,29-30,33-34H,1,6,9-12,14-21H2,2H3/t24?,25?,26?,27?,29?,30?,31-/m0/s1. The first-order valence-corrected chi connectivity index (χ1v) is 16.1. The third-order valence-electron chi connectivity index (χ3n) is 10.1. The molecule has 0 bridgehead atoms. The first-order valence-electron chi connectivity index (χ1n) is 15.1. The summed E-state index contributed by atoms with van der Waals surface area (Å²) < 4.78 is 6.83. The van der Waals surface area contributed by atoms with Crippen molar-refractivity contribution < 1.29 is 9.53 Å². The van der Waals surface area contributed by atoms with E-state index in [1.165, 1.54) is 36.5 Å². The molecule has 1 aromatic carbocycles. The van der Waals surface area contributed by atoms with Gasteiger partial charge in [0.1, 0.15) is 0 Å². The number of nitriles is 1. The van der Waals surface area contributed by atoms with Crippen LogP contribution < -0.4 is 10.6 Å². The summed E-state index contributed by atoms with van der Waals surface area (Å²) in [6.45, 7) is 7.65. The minimum atomic E-state index is -0.210. The molecule has 1 aliphatic carbocycles. The van der Waals surface area contributed by atoms with Gasteiger partial charge in [0.25, 0.3) is 0 Å². The van der Waals surface area contributed by atoms with E-state index in [0.29, 0.717) is 37.5 Å². The van der Waals surface area contributed by atoms with Gasteiger partial charge in [0.05, 0.1) is 31.3 Å². The van der Waals surface area contributed by atoms with Crippen molar-refractivity contribution in [1.82, 2.24) is 25.3 Å². The first kappa shape index (κ1) is 28.2. The van der Waals surface area contributed by atoms with Crippen LogP contribution in [0.5, 0.6) is 0 Å². The molecule has 1 aromatic rings. The average Bonchev–Trinajstić information content (AvgIpc) is 3.39. The van der Waals surface area contributed by atoms with Gasteiger partial charge < -0.3 is 14.5 Å². The van der Waals surface area contributed by atoms with Crippen LogP contribution in [-0.2, 0) is 21.7 Å². The molecule has 9 heteroatoms. The lowest BCUT2D eigenvalue weighted by Crippen LogP contribution is -2.73. The van der Waals surface area contributed by atoms with E-state index in [0.717, 1.165) is 44.7 Å². The molecular weight excluding hydrogens is 520 g/mol. The number of fused-ring (bicyclic) bond motifs is 2. The maximum absolute atomic E-state index is 12.5. The summed E-state index contributed by atoms with van der Waals surface area (Å²) in [5, 5.41) is 17.3. The summed E-state index contributed by atoms with van der Waals surface area (Å²) in [5.41, 5.74) is 3.01. The summed E-state index contributed by atoms with van der Waals surface area (Å²) >= 11 is 2.16. The van der Waals surface area contributed by atoms with Crippen LogP contribution >= 0.6 is 11.8 Å².